The highest BCUT2D eigenvalue weighted by Gasteiger charge is 2.33. The Bertz CT molecular complexity index is 1210. The molecule has 1 aliphatic rings. The third-order valence-electron chi connectivity index (χ3n) is 5.49. The van der Waals surface area contributed by atoms with Gasteiger partial charge < -0.3 is 15.0 Å². The van der Waals surface area contributed by atoms with E-state index < -0.39 is 5.91 Å². The summed E-state index contributed by atoms with van der Waals surface area (Å²) in [6.45, 7) is 0.948. The lowest BCUT2D eigenvalue weighted by atomic mass is 9.98. The maximum Gasteiger partial charge on any atom is 0.280 e. The van der Waals surface area contributed by atoms with Crippen LogP contribution in [0.2, 0.25) is 0 Å². The van der Waals surface area contributed by atoms with Crippen LogP contribution in [0, 0.1) is 0 Å². The fraction of sp³-hybridized carbons (Fsp3) is 0.240. The number of hydrogen-bond donors (Lipinski definition) is 2. The molecule has 0 bridgehead atoms. The first-order valence-corrected chi connectivity index (χ1v) is 11.3. The average Bonchev–Trinajstić information content (AvgIpc) is 3.30. The van der Waals surface area contributed by atoms with Crippen molar-refractivity contribution in [3.05, 3.63) is 75.3 Å². The van der Waals surface area contributed by atoms with Crippen molar-refractivity contribution in [3.8, 4) is 17.1 Å². The number of aromatic hydroxyl groups is 1. The predicted octanol–water partition coefficient (Wildman–Crippen LogP) is 5.06. The highest BCUT2D eigenvalue weighted by molar-refractivity contribution is 9.10. The number of H-pyrrole nitrogens is 1. The molecule has 4 rings (SSSR count). The van der Waals surface area contributed by atoms with Crippen molar-refractivity contribution in [3.63, 3.8) is 0 Å². The lowest BCUT2D eigenvalue weighted by Crippen LogP contribution is -2.13. The Morgan fingerprint density at radius 3 is 2.53 bits per heavy atom. The summed E-state index contributed by atoms with van der Waals surface area (Å²) in [5, 5.41) is 10.6. The number of carbonyl (C=O) groups is 2. The minimum atomic E-state index is -0.412. The number of hydrogen-bond acceptors (Lipinski definition) is 4. The molecule has 7 heteroatoms. The number of unbranched alkanes of at least 4 members (excludes halogenated alkanes) is 1. The second-order valence-electron chi connectivity index (χ2n) is 8.14. The molecule has 1 aromatic heterocycles. The fourth-order valence-corrected chi connectivity index (χ4v) is 4.15. The van der Waals surface area contributed by atoms with Gasteiger partial charge in [0.05, 0.1) is 22.5 Å². The van der Waals surface area contributed by atoms with E-state index in [9.17, 15) is 14.7 Å². The second kappa shape index (κ2) is 9.22. The Morgan fingerprint density at radius 2 is 1.81 bits per heavy atom. The van der Waals surface area contributed by atoms with E-state index >= 15 is 0 Å². The van der Waals surface area contributed by atoms with Crippen LogP contribution in [0.1, 0.15) is 51.1 Å². The van der Waals surface area contributed by atoms with Crippen LogP contribution in [0.4, 0.5) is 0 Å². The second-order valence-corrected chi connectivity index (χ2v) is 9.05. The number of aromatic amines is 1. The van der Waals surface area contributed by atoms with Gasteiger partial charge in [-0.25, -0.2) is 4.99 Å². The maximum atomic E-state index is 12.8. The van der Waals surface area contributed by atoms with Gasteiger partial charge in [0.25, 0.3) is 5.91 Å². The molecule has 0 spiro atoms. The molecule has 0 radical (unpaired) electrons. The number of halogens is 1. The van der Waals surface area contributed by atoms with E-state index in [4.69, 9.17) is 0 Å². The Kier molecular flexibility index (Phi) is 6.39. The number of aliphatic imine (C=N–C) groups is 1. The first-order chi connectivity index (χ1) is 15.3. The number of ketones is 1. The molecule has 0 unspecified atom stereocenters. The molecule has 32 heavy (non-hydrogen) atoms. The highest BCUT2D eigenvalue weighted by atomic mass is 79.9. The molecule has 164 valence electrons. The first kappa shape index (κ1) is 22.2. The van der Waals surface area contributed by atoms with Gasteiger partial charge in [0.2, 0.25) is 0 Å². The third kappa shape index (κ3) is 4.45. The minimum Gasteiger partial charge on any atom is -0.494 e. The number of nitrogens with zero attached hydrogens (tertiary/aromatic N) is 2. The van der Waals surface area contributed by atoms with Crippen LogP contribution in [0.3, 0.4) is 0 Å². The van der Waals surface area contributed by atoms with E-state index in [-0.39, 0.29) is 11.7 Å². The molecule has 0 fully saturated rings. The average molecular weight is 494 g/mol. The summed E-state index contributed by atoms with van der Waals surface area (Å²) in [6, 6.07) is 14.6. The van der Waals surface area contributed by atoms with Crippen molar-refractivity contribution in [1.82, 2.24) is 9.88 Å². The van der Waals surface area contributed by atoms with E-state index in [1.54, 1.807) is 18.2 Å². The lowest BCUT2D eigenvalue weighted by Gasteiger charge is -2.09. The van der Waals surface area contributed by atoms with Gasteiger partial charge in [0.15, 0.2) is 11.7 Å². The van der Waals surface area contributed by atoms with Gasteiger partial charge in [-0.1, -0.05) is 46.3 Å². The van der Waals surface area contributed by atoms with E-state index in [0.717, 1.165) is 29.4 Å². The van der Waals surface area contributed by atoms with Crippen LogP contribution in [0.5, 0.6) is 5.88 Å². The molecule has 0 aliphatic carbocycles. The van der Waals surface area contributed by atoms with Crippen LogP contribution in [0.25, 0.3) is 11.3 Å². The monoisotopic (exact) mass is 493 g/mol. The molecule has 6 nitrogen and oxygen atoms in total. The number of carbonyl (C=O) groups excluding carboxylic acids is 2. The Balaban J connectivity index is 1.62. The predicted molar refractivity (Wildman–Crippen MR) is 129 cm³/mol. The number of nitrogens with one attached hydrogen (secondary N) is 1. The van der Waals surface area contributed by atoms with Crippen LogP contribution in [-0.4, -0.2) is 53.0 Å². The van der Waals surface area contributed by atoms with Crippen molar-refractivity contribution in [2.75, 3.05) is 20.6 Å². The van der Waals surface area contributed by atoms with E-state index in [1.165, 1.54) is 0 Å². The van der Waals surface area contributed by atoms with Gasteiger partial charge >= 0.3 is 0 Å². The third-order valence-corrected chi connectivity index (χ3v) is 6.02. The highest BCUT2D eigenvalue weighted by Crippen LogP contribution is 2.38. The molecular weight excluding hydrogens is 470 g/mol. The van der Waals surface area contributed by atoms with Crippen molar-refractivity contribution >= 4 is 33.3 Å². The van der Waals surface area contributed by atoms with E-state index in [0.29, 0.717) is 40.1 Å². The molecule has 2 heterocycles. The van der Waals surface area contributed by atoms with Gasteiger partial charge in [-0.3, -0.25) is 9.59 Å². The molecular formula is C25H24BrN3O3. The quantitative estimate of drug-likeness (QED) is 0.339. The van der Waals surface area contributed by atoms with Gasteiger partial charge in [-0.15, -0.1) is 0 Å². The van der Waals surface area contributed by atoms with Crippen molar-refractivity contribution in [1.29, 1.82) is 0 Å². The van der Waals surface area contributed by atoms with Gasteiger partial charge in [-0.05, 0) is 57.2 Å². The van der Waals surface area contributed by atoms with Crippen LogP contribution in [0.15, 0.2) is 58.0 Å². The Hall–Kier alpha value is -3.03. The maximum absolute atomic E-state index is 12.8. The van der Waals surface area contributed by atoms with Crippen LogP contribution in [-0.2, 0) is 0 Å². The number of Topliss-reactive ketones (excluding diaryl/α,β-unsaturated/α-hetero) is 1. The Morgan fingerprint density at radius 1 is 1.06 bits per heavy atom. The summed E-state index contributed by atoms with van der Waals surface area (Å²) in [7, 11) is 4.03. The molecule has 1 amide bonds. The van der Waals surface area contributed by atoms with E-state index in [2.05, 4.69) is 30.8 Å². The largest absolute Gasteiger partial charge is 0.494 e. The SMILES string of the molecule is CN(C)CCCCC(=O)c1cccc(-c2[nH]c(O)c3c2C(=O)N=C3c2ccc(Br)cc2)c1. The minimum absolute atomic E-state index is 0.0659. The number of fused-ring (bicyclic) bond motifs is 1. The lowest BCUT2D eigenvalue weighted by molar-refractivity contribution is 0.0976. The molecule has 0 saturated heterocycles. The molecule has 1 aliphatic heterocycles. The standard InChI is InChI=1S/C25H24BrN3O3/c1-29(2)13-4-3-8-19(30)16-6-5-7-17(14-16)23-21-20(24(31)28-23)22(27-25(21)32)15-9-11-18(26)12-10-15/h5-7,9-12,14,28,31H,3-4,8,13H2,1-2H3. The zero-order chi connectivity index (χ0) is 22.8. The summed E-state index contributed by atoms with van der Waals surface area (Å²) in [4.78, 5) is 34.7. The van der Waals surface area contributed by atoms with Crippen LogP contribution >= 0.6 is 15.9 Å². The summed E-state index contributed by atoms with van der Waals surface area (Å²) in [5.74, 6) is -0.455. The topological polar surface area (TPSA) is 85.8 Å². The van der Waals surface area contributed by atoms with Gasteiger partial charge in [-0.2, -0.15) is 0 Å². The van der Waals surface area contributed by atoms with Crippen LogP contribution < -0.4 is 0 Å². The van der Waals surface area contributed by atoms with Crippen molar-refractivity contribution < 1.29 is 14.7 Å². The normalized spacial score (nSPS) is 12.9. The summed E-state index contributed by atoms with van der Waals surface area (Å²) in [5.41, 5.74) is 3.63. The number of aromatic nitrogens is 1. The smallest absolute Gasteiger partial charge is 0.280 e. The molecule has 3 aromatic rings. The molecule has 0 atom stereocenters. The zero-order valence-electron chi connectivity index (χ0n) is 18.0. The fourth-order valence-electron chi connectivity index (χ4n) is 3.88. The van der Waals surface area contributed by atoms with Gasteiger partial charge in [0.1, 0.15) is 0 Å². The summed E-state index contributed by atoms with van der Waals surface area (Å²) >= 11 is 3.40. The number of amides is 1. The Labute approximate surface area is 195 Å². The number of rotatable bonds is 8. The number of benzene rings is 2. The molecule has 2 aromatic carbocycles. The summed E-state index contributed by atoms with van der Waals surface area (Å²) in [6.07, 6.45) is 2.26. The zero-order valence-corrected chi connectivity index (χ0v) is 19.6. The van der Waals surface area contributed by atoms with E-state index in [1.807, 2.05) is 44.4 Å². The van der Waals surface area contributed by atoms with Gasteiger partial charge in [0, 0.05) is 22.0 Å². The van der Waals surface area contributed by atoms with Crippen molar-refractivity contribution in [2.24, 2.45) is 4.99 Å². The summed E-state index contributed by atoms with van der Waals surface area (Å²) < 4.78 is 0.911. The molecule has 2 N–H and O–H groups in total. The van der Waals surface area contributed by atoms with Crippen molar-refractivity contribution in [2.45, 2.75) is 19.3 Å². The first-order valence-electron chi connectivity index (χ1n) is 10.5. The molecule has 0 saturated carbocycles.